The summed E-state index contributed by atoms with van der Waals surface area (Å²) in [4.78, 5) is 39.7. The summed E-state index contributed by atoms with van der Waals surface area (Å²) >= 11 is 2.41. The number of thiophene rings is 2. The molecule has 0 unspecified atom stereocenters. The third-order valence-corrected chi connectivity index (χ3v) is 8.64. The number of amides is 3. The fraction of sp³-hybridized carbons (Fsp3) is 0.190. The standard InChI is InChI=1S/C21H20N4O5S3/c26-19(14-7-9-15(10-8-14)24-33(29,30)18-6-3-13-32-18)22-23-20(27)16-4-1-11-25(16)21(28)17-5-2-12-31-17/h2-3,5-10,12-13,16,24H,1,4,11H2,(H,22,26)(H,23,27)/t16-/m0/s1. The van der Waals surface area contributed by atoms with Gasteiger partial charge in [-0.25, -0.2) is 8.42 Å². The smallest absolute Gasteiger partial charge is 0.271 e. The van der Waals surface area contributed by atoms with E-state index in [0.717, 1.165) is 11.3 Å². The van der Waals surface area contributed by atoms with Gasteiger partial charge in [0, 0.05) is 17.8 Å². The predicted octanol–water partition coefficient (Wildman–Crippen LogP) is 2.68. The van der Waals surface area contributed by atoms with Gasteiger partial charge in [-0.2, -0.15) is 0 Å². The van der Waals surface area contributed by atoms with E-state index >= 15 is 0 Å². The molecule has 0 bridgehead atoms. The minimum atomic E-state index is -3.68. The number of hydrazine groups is 1. The lowest BCUT2D eigenvalue weighted by molar-refractivity contribution is -0.125. The number of nitrogens with zero attached hydrogens (tertiary/aromatic N) is 1. The van der Waals surface area contributed by atoms with Crippen LogP contribution in [0.4, 0.5) is 5.69 Å². The highest BCUT2D eigenvalue weighted by Gasteiger charge is 2.35. The number of nitrogens with one attached hydrogen (secondary N) is 3. The quantitative estimate of drug-likeness (QED) is 0.445. The molecule has 1 saturated heterocycles. The molecular formula is C21H20N4O5S3. The predicted molar refractivity (Wildman–Crippen MR) is 126 cm³/mol. The molecule has 4 rings (SSSR count). The Hall–Kier alpha value is -3.22. The van der Waals surface area contributed by atoms with Crippen molar-refractivity contribution in [1.29, 1.82) is 0 Å². The van der Waals surface area contributed by atoms with E-state index in [0.29, 0.717) is 30.0 Å². The fourth-order valence-electron chi connectivity index (χ4n) is 3.41. The molecule has 1 aliphatic heterocycles. The third kappa shape index (κ3) is 5.24. The number of carbonyl (C=O) groups is 3. The van der Waals surface area contributed by atoms with E-state index < -0.39 is 27.9 Å². The summed E-state index contributed by atoms with van der Waals surface area (Å²) in [7, 11) is -3.68. The van der Waals surface area contributed by atoms with Crippen molar-refractivity contribution in [3.05, 3.63) is 69.7 Å². The van der Waals surface area contributed by atoms with Gasteiger partial charge in [0.1, 0.15) is 10.3 Å². The molecule has 3 aromatic rings. The second kappa shape index (κ2) is 9.73. The Kier molecular flexibility index (Phi) is 6.77. The first-order chi connectivity index (χ1) is 15.8. The normalized spacial score (nSPS) is 15.8. The minimum Gasteiger partial charge on any atom is -0.326 e. The van der Waals surface area contributed by atoms with E-state index in [1.165, 1.54) is 46.6 Å². The Balaban J connectivity index is 1.33. The summed E-state index contributed by atoms with van der Waals surface area (Å²) in [5, 5.41) is 3.47. The molecule has 2 aromatic heterocycles. The number of anilines is 1. The molecular weight excluding hydrogens is 484 g/mol. The molecule has 0 aliphatic carbocycles. The molecule has 0 saturated carbocycles. The number of benzene rings is 1. The highest BCUT2D eigenvalue weighted by molar-refractivity contribution is 7.94. The summed E-state index contributed by atoms with van der Waals surface area (Å²) in [6.45, 7) is 0.478. The first-order valence-corrected chi connectivity index (χ1v) is 13.2. The van der Waals surface area contributed by atoms with Gasteiger partial charge in [-0.1, -0.05) is 12.1 Å². The van der Waals surface area contributed by atoms with E-state index in [9.17, 15) is 22.8 Å². The van der Waals surface area contributed by atoms with Gasteiger partial charge in [0.15, 0.2) is 0 Å². The van der Waals surface area contributed by atoms with Crippen LogP contribution in [0.5, 0.6) is 0 Å². The van der Waals surface area contributed by atoms with Crippen molar-refractivity contribution in [2.45, 2.75) is 23.1 Å². The van der Waals surface area contributed by atoms with Crippen LogP contribution in [0.3, 0.4) is 0 Å². The van der Waals surface area contributed by atoms with Crippen LogP contribution in [0, 0.1) is 0 Å². The molecule has 3 heterocycles. The van der Waals surface area contributed by atoms with Crippen LogP contribution in [-0.2, 0) is 14.8 Å². The van der Waals surface area contributed by atoms with E-state index in [2.05, 4.69) is 15.6 Å². The number of sulfonamides is 1. The van der Waals surface area contributed by atoms with Crippen molar-refractivity contribution < 1.29 is 22.8 Å². The summed E-state index contributed by atoms with van der Waals surface area (Å²) in [6, 6.07) is 11.8. The number of rotatable bonds is 6. The first-order valence-electron chi connectivity index (χ1n) is 9.96. The van der Waals surface area contributed by atoms with Crippen LogP contribution in [0.2, 0.25) is 0 Å². The number of likely N-dealkylation sites (tertiary alicyclic amines) is 1. The molecule has 3 amide bonds. The first kappa shape index (κ1) is 23.0. The second-order valence-corrected chi connectivity index (χ2v) is 11.0. The third-order valence-electron chi connectivity index (χ3n) is 5.01. The van der Waals surface area contributed by atoms with Crippen LogP contribution in [0.1, 0.15) is 32.9 Å². The molecule has 9 nitrogen and oxygen atoms in total. The van der Waals surface area contributed by atoms with Crippen LogP contribution >= 0.6 is 22.7 Å². The Morgan fingerprint density at radius 1 is 0.939 bits per heavy atom. The van der Waals surface area contributed by atoms with Crippen molar-refractivity contribution >= 4 is 56.1 Å². The van der Waals surface area contributed by atoms with Gasteiger partial charge in [0.05, 0.1) is 4.88 Å². The van der Waals surface area contributed by atoms with Gasteiger partial charge in [-0.15, -0.1) is 22.7 Å². The Morgan fingerprint density at radius 3 is 2.33 bits per heavy atom. The van der Waals surface area contributed by atoms with Gasteiger partial charge in [0.2, 0.25) is 0 Å². The molecule has 1 aromatic carbocycles. The van der Waals surface area contributed by atoms with E-state index in [1.807, 2.05) is 0 Å². The average Bonchev–Trinajstić information content (AvgIpc) is 3.58. The van der Waals surface area contributed by atoms with Gasteiger partial charge in [-0.3, -0.25) is 30.0 Å². The summed E-state index contributed by atoms with van der Waals surface area (Å²) < 4.78 is 27.2. The zero-order valence-corrected chi connectivity index (χ0v) is 19.6. The van der Waals surface area contributed by atoms with Crippen molar-refractivity contribution in [2.75, 3.05) is 11.3 Å². The number of hydrogen-bond acceptors (Lipinski definition) is 7. The van der Waals surface area contributed by atoms with Gasteiger partial charge in [-0.05, 0) is 60.0 Å². The van der Waals surface area contributed by atoms with Crippen LogP contribution in [-0.4, -0.2) is 43.6 Å². The van der Waals surface area contributed by atoms with Crippen molar-refractivity contribution in [3.8, 4) is 0 Å². The maximum Gasteiger partial charge on any atom is 0.271 e. The van der Waals surface area contributed by atoms with E-state index in [1.54, 1.807) is 29.0 Å². The maximum absolute atomic E-state index is 12.6. The summed E-state index contributed by atoms with van der Waals surface area (Å²) in [5.41, 5.74) is 5.27. The largest absolute Gasteiger partial charge is 0.326 e. The molecule has 1 aliphatic rings. The molecule has 33 heavy (non-hydrogen) atoms. The van der Waals surface area contributed by atoms with Crippen molar-refractivity contribution in [1.82, 2.24) is 15.8 Å². The van der Waals surface area contributed by atoms with Crippen LogP contribution in [0.15, 0.2) is 63.5 Å². The second-order valence-electron chi connectivity index (χ2n) is 7.19. The average molecular weight is 505 g/mol. The molecule has 1 fully saturated rings. The van der Waals surface area contributed by atoms with Crippen molar-refractivity contribution in [3.63, 3.8) is 0 Å². The van der Waals surface area contributed by atoms with E-state index in [4.69, 9.17) is 0 Å². The Labute approximate surface area is 198 Å². The van der Waals surface area contributed by atoms with Gasteiger partial charge >= 0.3 is 0 Å². The Morgan fingerprint density at radius 2 is 1.67 bits per heavy atom. The van der Waals surface area contributed by atoms with E-state index in [-0.39, 0.29) is 15.7 Å². The summed E-state index contributed by atoms with van der Waals surface area (Å²) in [6.07, 6.45) is 1.21. The highest BCUT2D eigenvalue weighted by atomic mass is 32.2. The van der Waals surface area contributed by atoms with Crippen molar-refractivity contribution in [2.24, 2.45) is 0 Å². The molecule has 3 N–H and O–H groups in total. The highest BCUT2D eigenvalue weighted by Crippen LogP contribution is 2.23. The lowest BCUT2D eigenvalue weighted by Crippen LogP contribution is -2.51. The monoisotopic (exact) mass is 504 g/mol. The maximum atomic E-state index is 12.6. The van der Waals surface area contributed by atoms with Crippen LogP contribution < -0.4 is 15.6 Å². The lowest BCUT2D eigenvalue weighted by atomic mass is 10.2. The lowest BCUT2D eigenvalue weighted by Gasteiger charge is -2.23. The number of carbonyl (C=O) groups excluding carboxylic acids is 3. The fourth-order valence-corrected chi connectivity index (χ4v) is 6.14. The van der Waals surface area contributed by atoms with Crippen LogP contribution in [0.25, 0.3) is 0 Å². The van der Waals surface area contributed by atoms with Gasteiger partial charge in [0.25, 0.3) is 27.7 Å². The molecule has 1 atom stereocenters. The molecule has 12 heteroatoms. The zero-order chi connectivity index (χ0) is 23.4. The topological polar surface area (TPSA) is 125 Å². The molecule has 172 valence electrons. The molecule has 0 spiro atoms. The zero-order valence-electron chi connectivity index (χ0n) is 17.2. The summed E-state index contributed by atoms with van der Waals surface area (Å²) in [5.74, 6) is -1.23. The van der Waals surface area contributed by atoms with Gasteiger partial charge < -0.3 is 4.90 Å². The number of hydrogen-bond donors (Lipinski definition) is 3. The SMILES string of the molecule is O=C(NNC(=O)[C@@H]1CCCN1C(=O)c1cccs1)c1ccc(NS(=O)(=O)c2cccs2)cc1. The minimum absolute atomic E-state index is 0.186. The Bertz CT molecular complexity index is 1240. The molecule has 0 radical (unpaired) electrons.